The van der Waals surface area contributed by atoms with E-state index >= 15 is 0 Å². The van der Waals surface area contributed by atoms with Crippen molar-refractivity contribution < 1.29 is 4.79 Å². The topological polar surface area (TPSA) is 70.1 Å². The Hall–Kier alpha value is -4.15. The molecule has 6 rings (SSSR count). The number of aromatic nitrogens is 3. The van der Waals surface area contributed by atoms with Gasteiger partial charge in [0.2, 0.25) is 0 Å². The summed E-state index contributed by atoms with van der Waals surface area (Å²) in [5, 5.41) is 9.12. The van der Waals surface area contributed by atoms with E-state index < -0.39 is 0 Å². The highest BCUT2D eigenvalue weighted by molar-refractivity contribution is 5.95. The standard InChI is InChI=1S/C28H26N6O/c1-31(2)18-24-9-11-33(24)28(35)21-7-8-25-23(13-21)17-32-16-22(20-5-3-19(15-29)4-6-20)14-26(32)27-30-10-12-34(25)27/h3-8,10,12-14,16,24H,9,11,17-18H2,1-2H3/t24-/m1/s1. The molecule has 2 aliphatic rings. The fourth-order valence-electron chi connectivity index (χ4n) is 5.16. The number of hydrogen-bond acceptors (Lipinski definition) is 4. The molecule has 0 saturated carbocycles. The minimum Gasteiger partial charge on any atom is -0.340 e. The summed E-state index contributed by atoms with van der Waals surface area (Å²) in [6.07, 6.45) is 6.97. The van der Waals surface area contributed by atoms with Crippen molar-refractivity contribution in [3.8, 4) is 34.4 Å². The van der Waals surface area contributed by atoms with Gasteiger partial charge in [0, 0.05) is 55.4 Å². The number of likely N-dealkylation sites (N-methyl/N-ethyl adjacent to an activating group) is 1. The number of imidazole rings is 1. The maximum atomic E-state index is 13.3. The van der Waals surface area contributed by atoms with E-state index in [1.54, 1.807) is 0 Å². The van der Waals surface area contributed by atoms with E-state index in [0.717, 1.165) is 59.0 Å². The maximum Gasteiger partial charge on any atom is 0.254 e. The minimum atomic E-state index is 0.104. The zero-order valence-corrected chi connectivity index (χ0v) is 19.8. The van der Waals surface area contributed by atoms with Gasteiger partial charge in [0.15, 0.2) is 5.82 Å². The van der Waals surface area contributed by atoms with Crippen LogP contribution in [0.4, 0.5) is 0 Å². The van der Waals surface area contributed by atoms with Gasteiger partial charge < -0.3 is 14.4 Å². The molecule has 0 spiro atoms. The van der Waals surface area contributed by atoms with E-state index in [1.165, 1.54) is 0 Å². The van der Waals surface area contributed by atoms with E-state index in [9.17, 15) is 4.79 Å². The van der Waals surface area contributed by atoms with Crippen molar-refractivity contribution in [2.24, 2.45) is 0 Å². The predicted molar refractivity (Wildman–Crippen MR) is 134 cm³/mol. The predicted octanol–water partition coefficient (Wildman–Crippen LogP) is 4.02. The van der Waals surface area contributed by atoms with Crippen molar-refractivity contribution in [3.05, 3.63) is 83.8 Å². The number of fused-ring (bicyclic) bond motifs is 5. The van der Waals surface area contributed by atoms with Crippen LogP contribution in [0.2, 0.25) is 0 Å². The normalized spacial score (nSPS) is 16.1. The average Bonchev–Trinajstić information content (AvgIpc) is 3.47. The average molecular weight is 463 g/mol. The largest absolute Gasteiger partial charge is 0.340 e. The summed E-state index contributed by atoms with van der Waals surface area (Å²) >= 11 is 0. The molecule has 2 aliphatic heterocycles. The second-order valence-electron chi connectivity index (χ2n) is 9.60. The van der Waals surface area contributed by atoms with Gasteiger partial charge >= 0.3 is 0 Å². The van der Waals surface area contributed by atoms with E-state index in [1.807, 2.05) is 73.9 Å². The first-order valence-corrected chi connectivity index (χ1v) is 11.9. The summed E-state index contributed by atoms with van der Waals surface area (Å²) in [4.78, 5) is 22.1. The van der Waals surface area contributed by atoms with Crippen molar-refractivity contribution in [1.82, 2.24) is 23.9 Å². The second kappa shape index (κ2) is 8.26. The van der Waals surface area contributed by atoms with Crippen LogP contribution in [0, 0.1) is 11.3 Å². The molecule has 0 unspecified atom stereocenters. The monoisotopic (exact) mass is 462 g/mol. The van der Waals surface area contributed by atoms with Gasteiger partial charge in [-0.25, -0.2) is 4.98 Å². The Bertz CT molecular complexity index is 1470. The molecular weight excluding hydrogens is 436 g/mol. The highest BCUT2D eigenvalue weighted by Crippen LogP contribution is 2.34. The molecule has 0 N–H and O–H groups in total. The Balaban J connectivity index is 1.37. The van der Waals surface area contributed by atoms with Gasteiger partial charge in [-0.1, -0.05) is 12.1 Å². The quantitative estimate of drug-likeness (QED) is 0.405. The van der Waals surface area contributed by atoms with Crippen LogP contribution in [0.1, 0.15) is 27.9 Å². The van der Waals surface area contributed by atoms with Crippen LogP contribution >= 0.6 is 0 Å². The Labute approximate surface area is 204 Å². The molecule has 35 heavy (non-hydrogen) atoms. The molecule has 1 saturated heterocycles. The maximum absolute atomic E-state index is 13.3. The highest BCUT2D eigenvalue weighted by Gasteiger charge is 2.33. The first kappa shape index (κ1) is 21.4. The number of likely N-dealkylation sites (tertiary alicyclic amines) is 1. The molecular formula is C28H26N6O. The van der Waals surface area contributed by atoms with E-state index in [0.29, 0.717) is 12.1 Å². The Morgan fingerprint density at radius 3 is 2.69 bits per heavy atom. The van der Waals surface area contributed by atoms with Crippen LogP contribution < -0.4 is 0 Å². The van der Waals surface area contributed by atoms with Crippen molar-refractivity contribution in [2.75, 3.05) is 27.2 Å². The van der Waals surface area contributed by atoms with Crippen molar-refractivity contribution in [2.45, 2.75) is 19.0 Å². The molecule has 0 bridgehead atoms. The van der Waals surface area contributed by atoms with Crippen LogP contribution in [0.5, 0.6) is 0 Å². The van der Waals surface area contributed by atoms with Crippen molar-refractivity contribution in [1.29, 1.82) is 5.26 Å². The van der Waals surface area contributed by atoms with Gasteiger partial charge in [0.1, 0.15) is 0 Å². The summed E-state index contributed by atoms with van der Waals surface area (Å²) in [6, 6.07) is 18.3. The van der Waals surface area contributed by atoms with Gasteiger partial charge in [-0.15, -0.1) is 0 Å². The Morgan fingerprint density at radius 2 is 1.97 bits per heavy atom. The molecule has 2 aromatic heterocycles. The van der Waals surface area contributed by atoms with Gasteiger partial charge in [0.05, 0.1) is 23.0 Å². The van der Waals surface area contributed by atoms with Crippen LogP contribution in [0.15, 0.2) is 67.1 Å². The molecule has 1 atom stereocenters. The molecule has 1 amide bonds. The Morgan fingerprint density at radius 1 is 1.14 bits per heavy atom. The first-order chi connectivity index (χ1) is 17.0. The smallest absolute Gasteiger partial charge is 0.254 e. The fourth-order valence-corrected chi connectivity index (χ4v) is 5.16. The summed E-state index contributed by atoms with van der Waals surface area (Å²) in [6.45, 7) is 2.35. The number of carbonyl (C=O) groups is 1. The summed E-state index contributed by atoms with van der Waals surface area (Å²) in [7, 11) is 4.10. The first-order valence-electron chi connectivity index (χ1n) is 11.9. The van der Waals surface area contributed by atoms with E-state index in [2.05, 4.69) is 37.4 Å². The minimum absolute atomic E-state index is 0.104. The van der Waals surface area contributed by atoms with Crippen molar-refractivity contribution >= 4 is 5.91 Å². The molecule has 0 aliphatic carbocycles. The van der Waals surface area contributed by atoms with Gasteiger partial charge in [-0.2, -0.15) is 5.26 Å². The zero-order chi connectivity index (χ0) is 24.1. The van der Waals surface area contributed by atoms with Crippen LogP contribution in [0.3, 0.4) is 0 Å². The van der Waals surface area contributed by atoms with Gasteiger partial charge in [-0.3, -0.25) is 9.36 Å². The lowest BCUT2D eigenvalue weighted by Crippen LogP contribution is -2.55. The third kappa shape index (κ3) is 3.63. The van der Waals surface area contributed by atoms with Crippen LogP contribution in [-0.2, 0) is 6.54 Å². The molecule has 7 heteroatoms. The number of nitriles is 1. The highest BCUT2D eigenvalue weighted by atomic mass is 16.2. The van der Waals surface area contributed by atoms with Gasteiger partial charge in [-0.05, 0) is 68.0 Å². The van der Waals surface area contributed by atoms with Crippen LogP contribution in [-0.4, -0.2) is 63.1 Å². The lowest BCUT2D eigenvalue weighted by atomic mass is 9.99. The van der Waals surface area contributed by atoms with Crippen LogP contribution in [0.25, 0.3) is 28.3 Å². The third-order valence-corrected chi connectivity index (χ3v) is 7.02. The number of hydrogen-bond donors (Lipinski definition) is 0. The molecule has 0 radical (unpaired) electrons. The van der Waals surface area contributed by atoms with E-state index in [4.69, 9.17) is 5.26 Å². The number of nitrogens with zero attached hydrogens (tertiary/aromatic N) is 6. The molecule has 7 nitrogen and oxygen atoms in total. The molecule has 1 fully saturated rings. The fraction of sp³-hybridized carbons (Fsp3) is 0.250. The lowest BCUT2D eigenvalue weighted by Gasteiger charge is -2.42. The molecule has 2 aromatic carbocycles. The molecule has 4 aromatic rings. The SMILES string of the molecule is CN(C)C[C@H]1CCN1C(=O)c1ccc2c(c1)Cn1cc(-c3ccc(C#N)cc3)cc1-c1nccn1-2. The lowest BCUT2D eigenvalue weighted by molar-refractivity contribution is 0.0403. The summed E-state index contributed by atoms with van der Waals surface area (Å²) in [5.41, 5.74) is 6.65. The number of benzene rings is 2. The van der Waals surface area contributed by atoms with Gasteiger partial charge in [0.25, 0.3) is 5.91 Å². The Kier molecular flexibility index (Phi) is 5.05. The zero-order valence-electron chi connectivity index (χ0n) is 19.8. The summed E-state index contributed by atoms with van der Waals surface area (Å²) in [5.74, 6) is 0.975. The summed E-state index contributed by atoms with van der Waals surface area (Å²) < 4.78 is 4.30. The number of carbonyl (C=O) groups excluding carboxylic acids is 1. The second-order valence-corrected chi connectivity index (χ2v) is 9.60. The molecule has 4 heterocycles. The molecule has 174 valence electrons. The van der Waals surface area contributed by atoms with E-state index in [-0.39, 0.29) is 11.9 Å². The number of rotatable bonds is 4. The number of amides is 1. The third-order valence-electron chi connectivity index (χ3n) is 7.02. The van der Waals surface area contributed by atoms with Crippen molar-refractivity contribution in [3.63, 3.8) is 0 Å².